The van der Waals surface area contributed by atoms with Gasteiger partial charge < -0.3 is 5.11 Å². The third-order valence-electron chi connectivity index (χ3n) is 5.84. The van der Waals surface area contributed by atoms with Crippen molar-refractivity contribution in [2.24, 2.45) is 0 Å². The van der Waals surface area contributed by atoms with Gasteiger partial charge in [-0.15, -0.1) is 0 Å². The summed E-state index contributed by atoms with van der Waals surface area (Å²) in [6, 6.07) is 12.6. The number of phenolic OH excluding ortho intramolecular Hbond substituents is 1. The first kappa shape index (κ1) is 23.5. The molecule has 1 N–H and O–H groups in total. The molecular weight excluding hydrogens is 352 g/mol. The summed E-state index contributed by atoms with van der Waals surface area (Å²) in [6.45, 7) is 16.2. The van der Waals surface area contributed by atoms with Gasteiger partial charge in [0.15, 0.2) is 0 Å². The van der Waals surface area contributed by atoms with E-state index in [2.05, 4.69) is 60.6 Å². The van der Waals surface area contributed by atoms with Crippen LogP contribution in [0, 0.1) is 0 Å². The molecular formula is C28H42O. The summed E-state index contributed by atoms with van der Waals surface area (Å²) in [7, 11) is 0. The van der Waals surface area contributed by atoms with Gasteiger partial charge in [-0.2, -0.15) is 0 Å². The number of hydrogen-bond acceptors (Lipinski definition) is 1. The fourth-order valence-electron chi connectivity index (χ4n) is 4.15. The van der Waals surface area contributed by atoms with Gasteiger partial charge in [0.25, 0.3) is 0 Å². The molecule has 0 atom stereocenters. The van der Waals surface area contributed by atoms with Gasteiger partial charge in [0.1, 0.15) is 5.75 Å². The quantitative estimate of drug-likeness (QED) is 0.445. The van der Waals surface area contributed by atoms with E-state index in [1.165, 1.54) is 66.3 Å². The average Bonchev–Trinajstić information content (AvgIpc) is 2.63. The molecule has 0 amide bonds. The second-order valence-corrected chi connectivity index (χ2v) is 10.6. The molecule has 0 unspecified atom stereocenters. The molecule has 0 aliphatic heterocycles. The Hall–Kier alpha value is -1.76. The van der Waals surface area contributed by atoms with E-state index in [4.69, 9.17) is 0 Å². The van der Waals surface area contributed by atoms with Crippen LogP contribution in [-0.4, -0.2) is 5.11 Å². The van der Waals surface area contributed by atoms with Gasteiger partial charge in [-0.05, 0) is 63.6 Å². The Kier molecular flexibility index (Phi) is 7.97. The zero-order chi connectivity index (χ0) is 21.7. The lowest BCUT2D eigenvalue weighted by molar-refractivity contribution is 0.475. The summed E-state index contributed by atoms with van der Waals surface area (Å²) >= 11 is 0. The first-order chi connectivity index (χ1) is 13.5. The van der Waals surface area contributed by atoms with Crippen LogP contribution in [0.15, 0.2) is 36.4 Å². The Morgan fingerprint density at radius 2 is 1.24 bits per heavy atom. The molecule has 29 heavy (non-hydrogen) atoms. The minimum absolute atomic E-state index is 0.0690. The molecule has 2 rings (SSSR count). The second-order valence-electron chi connectivity index (χ2n) is 10.6. The topological polar surface area (TPSA) is 20.2 Å². The number of aryl methyl sites for hydroxylation is 1. The van der Waals surface area contributed by atoms with Crippen LogP contribution < -0.4 is 0 Å². The van der Waals surface area contributed by atoms with Gasteiger partial charge in [0.2, 0.25) is 0 Å². The lowest BCUT2D eigenvalue weighted by Crippen LogP contribution is -2.19. The Morgan fingerprint density at radius 3 is 1.79 bits per heavy atom. The lowest BCUT2D eigenvalue weighted by atomic mass is 9.75. The van der Waals surface area contributed by atoms with E-state index < -0.39 is 0 Å². The second kappa shape index (κ2) is 9.83. The fourth-order valence-corrected chi connectivity index (χ4v) is 4.15. The van der Waals surface area contributed by atoms with E-state index in [0.717, 1.165) is 6.42 Å². The maximum Gasteiger partial charge on any atom is 0.115 e. The largest absolute Gasteiger partial charge is 0.508 e. The molecule has 0 aromatic heterocycles. The molecule has 2 aromatic carbocycles. The number of aromatic hydroxyl groups is 1. The van der Waals surface area contributed by atoms with E-state index in [0.29, 0.717) is 5.75 Å². The standard InChI is InChI=1S/C28H42O/c1-8-9-10-11-12-13-14-22-19-26(28(5,6)7)24(20-25(22)27(2,3)4)21-15-17-23(29)18-16-21/h15-20,29H,8-14H2,1-7H3. The number of benzene rings is 2. The molecule has 1 nitrogen and oxygen atoms in total. The Labute approximate surface area is 179 Å². The highest BCUT2D eigenvalue weighted by atomic mass is 16.3. The number of rotatable bonds is 8. The number of unbranched alkanes of at least 4 members (excludes halogenated alkanes) is 5. The van der Waals surface area contributed by atoms with Crippen LogP contribution in [0.1, 0.15) is 104 Å². The monoisotopic (exact) mass is 394 g/mol. The minimum atomic E-state index is 0.0690. The van der Waals surface area contributed by atoms with Crippen molar-refractivity contribution in [3.63, 3.8) is 0 Å². The summed E-state index contributed by atoms with van der Waals surface area (Å²) < 4.78 is 0. The van der Waals surface area contributed by atoms with Crippen LogP contribution >= 0.6 is 0 Å². The molecule has 160 valence electrons. The van der Waals surface area contributed by atoms with Crippen LogP contribution in [0.25, 0.3) is 11.1 Å². The zero-order valence-electron chi connectivity index (χ0n) is 19.9. The fraction of sp³-hybridized carbons (Fsp3) is 0.571. The molecule has 1 heteroatoms. The van der Waals surface area contributed by atoms with Crippen molar-refractivity contribution >= 4 is 0 Å². The molecule has 0 radical (unpaired) electrons. The van der Waals surface area contributed by atoms with E-state index in [1.54, 1.807) is 12.1 Å². The van der Waals surface area contributed by atoms with Gasteiger partial charge in [0.05, 0.1) is 0 Å². The highest BCUT2D eigenvalue weighted by Crippen LogP contribution is 2.39. The van der Waals surface area contributed by atoms with Gasteiger partial charge >= 0.3 is 0 Å². The van der Waals surface area contributed by atoms with Gasteiger partial charge in [0, 0.05) is 0 Å². The summed E-state index contributed by atoms with van der Waals surface area (Å²) in [5, 5.41) is 9.74. The Bertz CT molecular complexity index is 770. The average molecular weight is 395 g/mol. The van der Waals surface area contributed by atoms with Gasteiger partial charge in [-0.3, -0.25) is 0 Å². The molecule has 2 aromatic rings. The molecule has 0 saturated heterocycles. The number of phenols is 1. The highest BCUT2D eigenvalue weighted by molar-refractivity contribution is 5.71. The predicted molar refractivity (Wildman–Crippen MR) is 128 cm³/mol. The normalized spacial score (nSPS) is 12.4. The molecule has 0 saturated carbocycles. The SMILES string of the molecule is CCCCCCCCc1cc(C(C)(C)C)c(-c2ccc(O)cc2)cc1C(C)(C)C. The molecule has 0 spiro atoms. The Morgan fingerprint density at radius 1 is 0.690 bits per heavy atom. The minimum Gasteiger partial charge on any atom is -0.508 e. The Balaban J connectivity index is 2.44. The van der Waals surface area contributed by atoms with Crippen LogP contribution in [-0.2, 0) is 17.3 Å². The zero-order valence-corrected chi connectivity index (χ0v) is 19.9. The molecule has 0 heterocycles. The van der Waals surface area contributed by atoms with E-state index in [-0.39, 0.29) is 10.8 Å². The van der Waals surface area contributed by atoms with E-state index in [1.807, 2.05) is 12.1 Å². The van der Waals surface area contributed by atoms with Crippen molar-refractivity contribution in [3.05, 3.63) is 53.1 Å². The van der Waals surface area contributed by atoms with Crippen LogP contribution in [0.5, 0.6) is 5.75 Å². The number of hydrogen-bond donors (Lipinski definition) is 1. The maximum atomic E-state index is 9.74. The van der Waals surface area contributed by atoms with Crippen molar-refractivity contribution < 1.29 is 5.11 Å². The highest BCUT2D eigenvalue weighted by Gasteiger charge is 2.25. The van der Waals surface area contributed by atoms with Crippen molar-refractivity contribution in [3.8, 4) is 16.9 Å². The predicted octanol–water partition coefficient (Wildman–Crippen LogP) is 8.56. The third-order valence-corrected chi connectivity index (χ3v) is 5.84. The van der Waals surface area contributed by atoms with Crippen LogP contribution in [0.4, 0.5) is 0 Å². The maximum absolute atomic E-state index is 9.74. The lowest BCUT2D eigenvalue weighted by Gasteiger charge is -2.30. The first-order valence-electron chi connectivity index (χ1n) is 11.5. The summed E-state index contributed by atoms with van der Waals surface area (Å²) in [6.07, 6.45) is 9.16. The van der Waals surface area contributed by atoms with Crippen molar-refractivity contribution in [2.75, 3.05) is 0 Å². The molecule has 0 aliphatic rings. The molecule has 0 fully saturated rings. The molecule has 0 aliphatic carbocycles. The van der Waals surface area contributed by atoms with Gasteiger partial charge in [-0.1, -0.05) is 105 Å². The summed E-state index contributed by atoms with van der Waals surface area (Å²) in [5.74, 6) is 0.321. The molecule has 0 bridgehead atoms. The van der Waals surface area contributed by atoms with Crippen LogP contribution in [0.3, 0.4) is 0 Å². The van der Waals surface area contributed by atoms with Crippen molar-refractivity contribution in [1.29, 1.82) is 0 Å². The van der Waals surface area contributed by atoms with E-state index >= 15 is 0 Å². The first-order valence-corrected chi connectivity index (χ1v) is 11.5. The summed E-state index contributed by atoms with van der Waals surface area (Å²) in [4.78, 5) is 0. The van der Waals surface area contributed by atoms with Crippen molar-refractivity contribution in [1.82, 2.24) is 0 Å². The smallest absolute Gasteiger partial charge is 0.115 e. The summed E-state index contributed by atoms with van der Waals surface area (Å²) in [5.41, 5.74) is 7.04. The van der Waals surface area contributed by atoms with E-state index in [9.17, 15) is 5.11 Å². The van der Waals surface area contributed by atoms with Crippen LogP contribution in [0.2, 0.25) is 0 Å². The van der Waals surface area contributed by atoms with Crippen molar-refractivity contribution in [2.45, 2.75) is 104 Å². The third kappa shape index (κ3) is 6.63. The van der Waals surface area contributed by atoms with Gasteiger partial charge in [-0.25, -0.2) is 0 Å².